The van der Waals surface area contributed by atoms with E-state index in [0.717, 1.165) is 25.2 Å². The van der Waals surface area contributed by atoms with Gasteiger partial charge < -0.3 is 10.1 Å². The Morgan fingerprint density at radius 1 is 1.47 bits per heavy atom. The van der Waals surface area contributed by atoms with Gasteiger partial charge in [0.05, 0.1) is 6.61 Å². The molecule has 1 aromatic rings. The van der Waals surface area contributed by atoms with Crippen LogP contribution in [0.1, 0.15) is 36.9 Å². The number of hydrogen-bond acceptors (Lipinski definition) is 2. The zero-order valence-corrected chi connectivity index (χ0v) is 11.1. The molecule has 0 aliphatic heterocycles. The minimum atomic E-state index is 0.310. The standard InChI is InChI=1S/C15H23NO/c1-5-6-7-10-17-15-11-12(2)8-9-14(15)13(3)16-4/h5,8-9,11,13,16H,1,6-7,10H2,2-4H3. The predicted molar refractivity (Wildman–Crippen MR) is 73.6 cm³/mol. The molecule has 0 fully saturated rings. The van der Waals surface area contributed by atoms with E-state index in [-0.39, 0.29) is 0 Å². The molecule has 0 saturated carbocycles. The molecule has 94 valence electrons. The van der Waals surface area contributed by atoms with Crippen molar-refractivity contribution in [3.05, 3.63) is 42.0 Å². The normalized spacial score (nSPS) is 12.2. The van der Waals surface area contributed by atoms with Gasteiger partial charge >= 0.3 is 0 Å². The molecule has 1 unspecified atom stereocenters. The molecule has 0 heterocycles. The molecular formula is C15H23NO. The third kappa shape index (κ3) is 4.23. The number of hydrogen-bond donors (Lipinski definition) is 1. The van der Waals surface area contributed by atoms with Crippen molar-refractivity contribution in [1.82, 2.24) is 5.32 Å². The molecule has 17 heavy (non-hydrogen) atoms. The summed E-state index contributed by atoms with van der Waals surface area (Å²) in [4.78, 5) is 0. The third-order valence-electron chi connectivity index (χ3n) is 2.88. The first-order valence-electron chi connectivity index (χ1n) is 6.20. The van der Waals surface area contributed by atoms with Crippen LogP contribution in [0.3, 0.4) is 0 Å². The van der Waals surface area contributed by atoms with Crippen LogP contribution in [0, 0.1) is 6.92 Å². The summed E-state index contributed by atoms with van der Waals surface area (Å²) in [5, 5.41) is 3.25. The highest BCUT2D eigenvalue weighted by Crippen LogP contribution is 2.26. The summed E-state index contributed by atoms with van der Waals surface area (Å²) in [7, 11) is 1.96. The van der Waals surface area contributed by atoms with Gasteiger partial charge in [-0.1, -0.05) is 18.2 Å². The van der Waals surface area contributed by atoms with Crippen LogP contribution in [0.25, 0.3) is 0 Å². The Labute approximate surface area is 105 Å². The van der Waals surface area contributed by atoms with Crippen LogP contribution in [0.4, 0.5) is 0 Å². The fraction of sp³-hybridized carbons (Fsp3) is 0.467. The number of benzene rings is 1. The van der Waals surface area contributed by atoms with Crippen LogP contribution in [0.15, 0.2) is 30.9 Å². The van der Waals surface area contributed by atoms with Gasteiger partial charge in [0.25, 0.3) is 0 Å². The van der Waals surface area contributed by atoms with Crippen LogP contribution < -0.4 is 10.1 Å². The maximum atomic E-state index is 5.86. The summed E-state index contributed by atoms with van der Waals surface area (Å²) in [6.07, 6.45) is 3.95. The third-order valence-corrected chi connectivity index (χ3v) is 2.88. The highest BCUT2D eigenvalue weighted by atomic mass is 16.5. The maximum Gasteiger partial charge on any atom is 0.124 e. The van der Waals surface area contributed by atoms with Crippen molar-refractivity contribution in [3.8, 4) is 5.75 Å². The molecule has 1 aromatic carbocycles. The number of allylic oxidation sites excluding steroid dienone is 1. The summed E-state index contributed by atoms with van der Waals surface area (Å²) in [5.41, 5.74) is 2.45. The molecule has 0 bridgehead atoms. The fourth-order valence-corrected chi connectivity index (χ4v) is 1.69. The van der Waals surface area contributed by atoms with Crippen molar-refractivity contribution in [1.29, 1.82) is 0 Å². The molecule has 0 aliphatic carbocycles. The second kappa shape index (κ2) is 7.13. The van der Waals surface area contributed by atoms with Gasteiger partial charge in [0.2, 0.25) is 0 Å². The largest absolute Gasteiger partial charge is 0.493 e. The molecule has 0 aromatic heterocycles. The van der Waals surface area contributed by atoms with Crippen molar-refractivity contribution in [2.24, 2.45) is 0 Å². The predicted octanol–water partition coefficient (Wildman–Crippen LogP) is 3.62. The summed E-state index contributed by atoms with van der Waals surface area (Å²) in [6.45, 7) is 8.69. The van der Waals surface area contributed by atoms with Gasteiger partial charge in [0, 0.05) is 11.6 Å². The quantitative estimate of drug-likeness (QED) is 0.573. The van der Waals surface area contributed by atoms with Crippen molar-refractivity contribution >= 4 is 0 Å². The first-order chi connectivity index (χ1) is 8.19. The lowest BCUT2D eigenvalue weighted by atomic mass is 10.1. The molecule has 1 rings (SSSR count). The number of rotatable bonds is 7. The summed E-state index contributed by atoms with van der Waals surface area (Å²) < 4.78 is 5.86. The lowest BCUT2D eigenvalue weighted by molar-refractivity contribution is 0.306. The zero-order valence-electron chi connectivity index (χ0n) is 11.1. The molecular weight excluding hydrogens is 210 g/mol. The van der Waals surface area contributed by atoms with E-state index in [1.165, 1.54) is 11.1 Å². The lowest BCUT2D eigenvalue weighted by Crippen LogP contribution is -2.14. The van der Waals surface area contributed by atoms with E-state index in [1.807, 2.05) is 13.1 Å². The first kappa shape index (κ1) is 13.8. The molecule has 0 saturated heterocycles. The highest BCUT2D eigenvalue weighted by Gasteiger charge is 2.09. The Kier molecular flexibility index (Phi) is 5.78. The Bertz CT molecular complexity index is 360. The summed E-state index contributed by atoms with van der Waals surface area (Å²) >= 11 is 0. The summed E-state index contributed by atoms with van der Waals surface area (Å²) in [5.74, 6) is 0.996. The average molecular weight is 233 g/mol. The number of unbranched alkanes of at least 4 members (excludes halogenated alkanes) is 1. The Morgan fingerprint density at radius 2 is 2.24 bits per heavy atom. The fourth-order valence-electron chi connectivity index (χ4n) is 1.69. The zero-order chi connectivity index (χ0) is 12.7. The Morgan fingerprint density at radius 3 is 2.88 bits per heavy atom. The highest BCUT2D eigenvalue weighted by molar-refractivity contribution is 5.39. The topological polar surface area (TPSA) is 21.3 Å². The van der Waals surface area contributed by atoms with E-state index in [9.17, 15) is 0 Å². The molecule has 1 atom stereocenters. The van der Waals surface area contributed by atoms with Crippen LogP contribution >= 0.6 is 0 Å². The van der Waals surface area contributed by atoms with E-state index in [4.69, 9.17) is 4.74 Å². The minimum absolute atomic E-state index is 0.310. The van der Waals surface area contributed by atoms with Gasteiger partial charge in [-0.05, 0) is 45.4 Å². The van der Waals surface area contributed by atoms with Crippen molar-refractivity contribution < 1.29 is 4.74 Å². The van der Waals surface area contributed by atoms with Gasteiger partial charge in [-0.2, -0.15) is 0 Å². The minimum Gasteiger partial charge on any atom is -0.493 e. The van der Waals surface area contributed by atoms with Gasteiger partial charge in [-0.25, -0.2) is 0 Å². The Balaban J connectivity index is 2.72. The number of ether oxygens (including phenoxy) is 1. The summed E-state index contributed by atoms with van der Waals surface area (Å²) in [6, 6.07) is 6.68. The molecule has 0 spiro atoms. The lowest BCUT2D eigenvalue weighted by Gasteiger charge is -2.17. The molecule has 0 aliphatic rings. The molecule has 2 heteroatoms. The second-order valence-corrected chi connectivity index (χ2v) is 4.33. The number of aryl methyl sites for hydroxylation is 1. The van der Waals surface area contributed by atoms with Gasteiger partial charge in [-0.3, -0.25) is 0 Å². The van der Waals surface area contributed by atoms with E-state index in [0.29, 0.717) is 6.04 Å². The van der Waals surface area contributed by atoms with Crippen LogP contribution in [-0.2, 0) is 0 Å². The smallest absolute Gasteiger partial charge is 0.124 e. The van der Waals surface area contributed by atoms with E-state index >= 15 is 0 Å². The van der Waals surface area contributed by atoms with Crippen LogP contribution in [0.5, 0.6) is 5.75 Å². The first-order valence-corrected chi connectivity index (χ1v) is 6.20. The van der Waals surface area contributed by atoms with Gasteiger partial charge in [0.1, 0.15) is 5.75 Å². The van der Waals surface area contributed by atoms with Crippen LogP contribution in [-0.4, -0.2) is 13.7 Å². The molecule has 0 amide bonds. The average Bonchev–Trinajstić information content (AvgIpc) is 2.34. The van der Waals surface area contributed by atoms with Crippen molar-refractivity contribution in [2.75, 3.05) is 13.7 Å². The Hall–Kier alpha value is -1.28. The van der Waals surface area contributed by atoms with Crippen molar-refractivity contribution in [2.45, 2.75) is 32.7 Å². The van der Waals surface area contributed by atoms with Gasteiger partial charge in [-0.15, -0.1) is 6.58 Å². The molecule has 0 radical (unpaired) electrons. The van der Waals surface area contributed by atoms with E-state index in [1.54, 1.807) is 0 Å². The molecule has 1 N–H and O–H groups in total. The van der Waals surface area contributed by atoms with E-state index in [2.05, 4.69) is 43.9 Å². The SMILES string of the molecule is C=CCCCOc1cc(C)ccc1C(C)NC. The monoisotopic (exact) mass is 233 g/mol. The maximum absolute atomic E-state index is 5.86. The van der Waals surface area contributed by atoms with Crippen LogP contribution in [0.2, 0.25) is 0 Å². The number of nitrogens with one attached hydrogen (secondary N) is 1. The van der Waals surface area contributed by atoms with Gasteiger partial charge in [0.15, 0.2) is 0 Å². The second-order valence-electron chi connectivity index (χ2n) is 4.33. The van der Waals surface area contributed by atoms with Crippen molar-refractivity contribution in [3.63, 3.8) is 0 Å². The molecule has 2 nitrogen and oxygen atoms in total. The van der Waals surface area contributed by atoms with E-state index < -0.39 is 0 Å².